The van der Waals surface area contributed by atoms with E-state index in [1.165, 1.54) is 37.8 Å². The lowest BCUT2D eigenvalue weighted by atomic mass is 10.1. The summed E-state index contributed by atoms with van der Waals surface area (Å²) in [4.78, 5) is 23.8. The predicted molar refractivity (Wildman–Crippen MR) is 111 cm³/mol. The molecule has 0 aliphatic carbocycles. The van der Waals surface area contributed by atoms with Crippen molar-refractivity contribution in [1.29, 1.82) is 0 Å². The number of halogens is 1. The Hall–Kier alpha value is -2.53. The van der Waals surface area contributed by atoms with Crippen LogP contribution in [0.25, 0.3) is 0 Å². The first-order chi connectivity index (χ1) is 13.1. The van der Waals surface area contributed by atoms with Crippen molar-refractivity contribution in [2.24, 2.45) is 0 Å². The molecule has 0 saturated heterocycles. The van der Waals surface area contributed by atoms with E-state index in [2.05, 4.69) is 6.92 Å². The van der Waals surface area contributed by atoms with Gasteiger partial charge in [-0.2, -0.15) is 0 Å². The van der Waals surface area contributed by atoms with E-state index in [-0.39, 0.29) is 29.3 Å². The summed E-state index contributed by atoms with van der Waals surface area (Å²) in [5, 5.41) is 9.21. The highest BCUT2D eigenvalue weighted by atomic mass is 35.5. The Morgan fingerprint density at radius 2 is 1.39 bits per heavy atom. The Morgan fingerprint density at radius 1 is 0.821 bits per heavy atom. The summed E-state index contributed by atoms with van der Waals surface area (Å²) >= 11 is 0. The molecule has 0 amide bonds. The normalized spacial score (nSPS) is 10.0. The monoisotopic (exact) mass is 406 g/mol. The van der Waals surface area contributed by atoms with E-state index in [1.807, 2.05) is 0 Å². The van der Waals surface area contributed by atoms with Crippen LogP contribution in [-0.2, 0) is 0 Å². The number of hydrogen-bond acceptors (Lipinski definition) is 4. The molecule has 2 rings (SSSR count). The van der Waals surface area contributed by atoms with E-state index in [4.69, 9.17) is 9.47 Å². The first kappa shape index (κ1) is 23.5. The average Bonchev–Trinajstić information content (AvgIpc) is 2.68. The Kier molecular flexibility index (Phi) is 10.7. The first-order valence-corrected chi connectivity index (χ1v) is 9.39. The lowest BCUT2D eigenvalue weighted by Gasteiger charge is -2.12. The minimum absolute atomic E-state index is 0. The Balaban J connectivity index is 0.00000392. The van der Waals surface area contributed by atoms with E-state index in [9.17, 15) is 14.7 Å². The van der Waals surface area contributed by atoms with Gasteiger partial charge in [0.1, 0.15) is 22.6 Å². The molecule has 0 aromatic heterocycles. The Morgan fingerprint density at radius 3 is 2.07 bits per heavy atom. The highest BCUT2D eigenvalue weighted by molar-refractivity contribution is 5.96. The van der Waals surface area contributed by atoms with Crippen LogP contribution in [0.2, 0.25) is 0 Å². The molecular formula is C22H27ClO5. The van der Waals surface area contributed by atoms with Gasteiger partial charge in [-0.05, 0) is 30.7 Å². The van der Waals surface area contributed by atoms with Crippen LogP contribution in [0.4, 0.5) is 0 Å². The zero-order valence-electron chi connectivity index (χ0n) is 16.1. The van der Waals surface area contributed by atoms with Gasteiger partial charge in [-0.1, -0.05) is 63.3 Å². The van der Waals surface area contributed by atoms with Gasteiger partial charge >= 0.3 is 11.9 Å². The van der Waals surface area contributed by atoms with Crippen LogP contribution in [0.3, 0.4) is 0 Å². The largest absolute Gasteiger partial charge is 0.493 e. The number of ether oxygens (including phenoxy) is 2. The van der Waals surface area contributed by atoms with Gasteiger partial charge in [-0.25, -0.2) is 9.59 Å². The van der Waals surface area contributed by atoms with Crippen molar-refractivity contribution in [3.05, 3.63) is 59.7 Å². The summed E-state index contributed by atoms with van der Waals surface area (Å²) in [7, 11) is 0. The molecule has 0 atom stereocenters. The fourth-order valence-electron chi connectivity index (χ4n) is 2.71. The third kappa shape index (κ3) is 7.24. The van der Waals surface area contributed by atoms with E-state index < -0.39 is 11.9 Å². The number of carboxylic acid groups (broad SMARTS) is 1. The molecule has 0 bridgehead atoms. The van der Waals surface area contributed by atoms with Gasteiger partial charge in [0, 0.05) is 0 Å². The minimum atomic E-state index is -1.15. The summed E-state index contributed by atoms with van der Waals surface area (Å²) in [5.74, 6) is -1.32. The molecular weight excluding hydrogens is 380 g/mol. The summed E-state index contributed by atoms with van der Waals surface area (Å²) in [5.41, 5.74) is 0.222. The van der Waals surface area contributed by atoms with E-state index >= 15 is 0 Å². The molecule has 2 aromatic rings. The molecule has 28 heavy (non-hydrogen) atoms. The number of para-hydroxylation sites is 2. The SMILES string of the molecule is CCCCCCCCOc1ccccc1C(=O)Oc1ccccc1C(=O)O.Cl. The molecule has 0 heterocycles. The predicted octanol–water partition coefficient (Wildman–Crippen LogP) is 5.77. The maximum Gasteiger partial charge on any atom is 0.347 e. The van der Waals surface area contributed by atoms with Crippen molar-refractivity contribution in [1.82, 2.24) is 0 Å². The van der Waals surface area contributed by atoms with Crippen LogP contribution in [0.5, 0.6) is 11.5 Å². The van der Waals surface area contributed by atoms with Crippen LogP contribution in [-0.4, -0.2) is 23.7 Å². The van der Waals surface area contributed by atoms with Crippen LogP contribution in [0, 0.1) is 0 Å². The smallest absolute Gasteiger partial charge is 0.347 e. The second-order valence-electron chi connectivity index (χ2n) is 6.30. The fraction of sp³-hybridized carbons (Fsp3) is 0.364. The second kappa shape index (κ2) is 12.8. The van der Waals surface area contributed by atoms with Gasteiger partial charge in [0.2, 0.25) is 0 Å². The van der Waals surface area contributed by atoms with Crippen LogP contribution >= 0.6 is 12.4 Å². The molecule has 0 spiro atoms. The Bertz CT molecular complexity index is 760. The number of aromatic carboxylic acids is 1. The quantitative estimate of drug-likeness (QED) is 0.291. The number of carbonyl (C=O) groups excluding carboxylic acids is 1. The maximum absolute atomic E-state index is 12.5. The highest BCUT2D eigenvalue weighted by Gasteiger charge is 2.18. The Labute approximate surface area is 172 Å². The maximum atomic E-state index is 12.5. The van der Waals surface area contributed by atoms with Gasteiger partial charge in [-0.3, -0.25) is 0 Å². The summed E-state index contributed by atoms with van der Waals surface area (Å²) in [6.07, 6.45) is 6.92. The zero-order valence-corrected chi connectivity index (χ0v) is 16.9. The fourth-order valence-corrected chi connectivity index (χ4v) is 2.71. The molecule has 2 aromatic carbocycles. The lowest BCUT2D eigenvalue weighted by Crippen LogP contribution is -2.13. The summed E-state index contributed by atoms with van der Waals surface area (Å²) in [6, 6.07) is 12.9. The number of carboxylic acids is 1. The third-order valence-electron chi connectivity index (χ3n) is 4.18. The van der Waals surface area contributed by atoms with Gasteiger partial charge in [-0.15, -0.1) is 12.4 Å². The zero-order chi connectivity index (χ0) is 19.5. The van der Waals surface area contributed by atoms with Gasteiger partial charge in [0.15, 0.2) is 0 Å². The molecule has 5 nitrogen and oxygen atoms in total. The van der Waals surface area contributed by atoms with Crippen molar-refractivity contribution >= 4 is 24.3 Å². The number of carbonyl (C=O) groups is 2. The van der Waals surface area contributed by atoms with E-state index in [0.717, 1.165) is 12.8 Å². The molecule has 0 unspecified atom stereocenters. The van der Waals surface area contributed by atoms with Crippen molar-refractivity contribution in [3.8, 4) is 11.5 Å². The number of esters is 1. The first-order valence-electron chi connectivity index (χ1n) is 9.39. The highest BCUT2D eigenvalue weighted by Crippen LogP contribution is 2.23. The standard InChI is InChI=1S/C22H26O5.ClH/c1-2-3-4-5-6-11-16-26-19-14-9-8-13-18(19)22(25)27-20-15-10-7-12-17(20)21(23)24;/h7-10,12-15H,2-6,11,16H2,1H3,(H,23,24);1H. The second-order valence-corrected chi connectivity index (χ2v) is 6.30. The number of unbranched alkanes of at least 4 members (excludes halogenated alkanes) is 5. The average molecular weight is 407 g/mol. The van der Waals surface area contributed by atoms with Crippen molar-refractivity contribution in [2.45, 2.75) is 45.4 Å². The molecule has 1 N–H and O–H groups in total. The van der Waals surface area contributed by atoms with E-state index in [1.54, 1.807) is 36.4 Å². The molecule has 0 aliphatic heterocycles. The van der Waals surface area contributed by atoms with Gasteiger partial charge in [0.05, 0.1) is 6.61 Å². The lowest BCUT2D eigenvalue weighted by molar-refractivity contribution is 0.0680. The van der Waals surface area contributed by atoms with Crippen LogP contribution < -0.4 is 9.47 Å². The van der Waals surface area contributed by atoms with Gasteiger partial charge < -0.3 is 14.6 Å². The minimum Gasteiger partial charge on any atom is -0.493 e. The van der Waals surface area contributed by atoms with E-state index in [0.29, 0.717) is 12.4 Å². The third-order valence-corrected chi connectivity index (χ3v) is 4.18. The van der Waals surface area contributed by atoms with Crippen molar-refractivity contribution in [3.63, 3.8) is 0 Å². The summed E-state index contributed by atoms with van der Waals surface area (Å²) in [6.45, 7) is 2.72. The molecule has 0 radical (unpaired) electrons. The number of rotatable bonds is 11. The number of benzene rings is 2. The van der Waals surface area contributed by atoms with Crippen LogP contribution in [0.1, 0.15) is 66.2 Å². The molecule has 0 saturated carbocycles. The molecule has 0 aliphatic rings. The molecule has 6 heteroatoms. The van der Waals surface area contributed by atoms with Gasteiger partial charge in [0.25, 0.3) is 0 Å². The molecule has 152 valence electrons. The van der Waals surface area contributed by atoms with Crippen LogP contribution in [0.15, 0.2) is 48.5 Å². The number of hydrogen-bond donors (Lipinski definition) is 1. The summed E-state index contributed by atoms with van der Waals surface area (Å²) < 4.78 is 11.1. The topological polar surface area (TPSA) is 72.8 Å². The van der Waals surface area contributed by atoms with Crippen molar-refractivity contribution in [2.75, 3.05) is 6.61 Å². The molecule has 0 fully saturated rings. The van der Waals surface area contributed by atoms with Crippen molar-refractivity contribution < 1.29 is 24.2 Å².